The molecule has 0 spiro atoms. The Morgan fingerprint density at radius 2 is 2.05 bits per heavy atom. The summed E-state index contributed by atoms with van der Waals surface area (Å²) in [5.74, 6) is 0.537. The van der Waals surface area contributed by atoms with Gasteiger partial charge in [-0.3, -0.25) is 4.79 Å². The highest BCUT2D eigenvalue weighted by Gasteiger charge is 2.21. The quantitative estimate of drug-likeness (QED) is 0.784. The van der Waals surface area contributed by atoms with Crippen LogP contribution < -0.4 is 10.6 Å². The van der Waals surface area contributed by atoms with E-state index in [1.165, 1.54) is 7.11 Å². The van der Waals surface area contributed by atoms with Crippen LogP contribution in [0.15, 0.2) is 24.3 Å². The monoisotopic (exact) mass is 304 g/mol. The van der Waals surface area contributed by atoms with Crippen molar-refractivity contribution in [3.63, 3.8) is 0 Å². The van der Waals surface area contributed by atoms with Gasteiger partial charge in [-0.2, -0.15) is 0 Å². The first-order chi connectivity index (χ1) is 10.5. The van der Waals surface area contributed by atoms with Gasteiger partial charge in [0.2, 0.25) is 5.91 Å². The van der Waals surface area contributed by atoms with Crippen LogP contribution >= 0.6 is 0 Å². The van der Waals surface area contributed by atoms with Gasteiger partial charge in [0.15, 0.2) is 0 Å². The number of nitrogens with zero attached hydrogens (tertiary/aromatic N) is 1. The van der Waals surface area contributed by atoms with E-state index in [9.17, 15) is 9.59 Å². The van der Waals surface area contributed by atoms with E-state index in [0.717, 1.165) is 11.0 Å². The average molecular weight is 304 g/mol. The van der Waals surface area contributed by atoms with Crippen molar-refractivity contribution in [3.8, 4) is 0 Å². The second-order valence-electron chi connectivity index (χ2n) is 5.27. The molecular formula is C15H20N4O3. The van der Waals surface area contributed by atoms with Gasteiger partial charge >= 0.3 is 6.09 Å². The Hall–Kier alpha value is -2.57. The van der Waals surface area contributed by atoms with Gasteiger partial charge in [-0.15, -0.1) is 0 Å². The molecule has 0 bridgehead atoms. The molecule has 1 aromatic carbocycles. The van der Waals surface area contributed by atoms with Crippen molar-refractivity contribution in [3.05, 3.63) is 30.1 Å². The molecule has 2 aromatic rings. The number of aromatic amines is 1. The van der Waals surface area contributed by atoms with E-state index in [4.69, 9.17) is 0 Å². The number of benzene rings is 1. The summed E-state index contributed by atoms with van der Waals surface area (Å²) in [6, 6.07) is 7.42. The van der Waals surface area contributed by atoms with E-state index in [1.54, 1.807) is 0 Å². The van der Waals surface area contributed by atoms with Crippen molar-refractivity contribution in [1.82, 2.24) is 20.6 Å². The minimum Gasteiger partial charge on any atom is -0.453 e. The maximum Gasteiger partial charge on any atom is 0.407 e. The standard InChI is InChI=1S/C15H20N4O3/c1-9(2)13(19-12(20)8-16-15(21)22-3)14-17-10-6-4-5-7-11(10)18-14/h4-7,9,13H,8H2,1-3H3,(H,16,21)(H,17,18)(H,19,20). The number of hydrogen-bond donors (Lipinski definition) is 3. The van der Waals surface area contributed by atoms with Gasteiger partial charge < -0.3 is 20.4 Å². The number of imidazole rings is 1. The number of nitrogens with one attached hydrogen (secondary N) is 3. The summed E-state index contributed by atoms with van der Waals surface area (Å²) >= 11 is 0. The van der Waals surface area contributed by atoms with Crippen molar-refractivity contribution in [2.24, 2.45) is 5.92 Å². The molecule has 0 fully saturated rings. The van der Waals surface area contributed by atoms with Crippen LogP contribution in [0.4, 0.5) is 4.79 Å². The van der Waals surface area contributed by atoms with E-state index in [-0.39, 0.29) is 24.4 Å². The minimum atomic E-state index is -0.639. The lowest BCUT2D eigenvalue weighted by Crippen LogP contribution is -2.40. The van der Waals surface area contributed by atoms with Crippen molar-refractivity contribution in [2.75, 3.05) is 13.7 Å². The Morgan fingerprint density at radius 3 is 2.68 bits per heavy atom. The lowest BCUT2D eigenvalue weighted by molar-refractivity contribution is -0.121. The Balaban J connectivity index is 2.09. The zero-order chi connectivity index (χ0) is 16.1. The molecule has 118 valence electrons. The molecule has 1 heterocycles. The summed E-state index contributed by atoms with van der Waals surface area (Å²) in [5, 5.41) is 5.22. The van der Waals surface area contributed by atoms with Crippen LogP contribution in [0.1, 0.15) is 25.7 Å². The Bertz CT molecular complexity index is 633. The fraction of sp³-hybridized carbons (Fsp3) is 0.400. The summed E-state index contributed by atoms with van der Waals surface area (Å²) < 4.78 is 4.43. The third-order valence-corrected chi connectivity index (χ3v) is 3.26. The van der Waals surface area contributed by atoms with Gasteiger partial charge in [-0.05, 0) is 18.1 Å². The third kappa shape index (κ3) is 3.75. The van der Waals surface area contributed by atoms with Crippen LogP contribution in [-0.4, -0.2) is 35.6 Å². The summed E-state index contributed by atoms with van der Waals surface area (Å²) in [4.78, 5) is 30.7. The van der Waals surface area contributed by atoms with E-state index < -0.39 is 6.09 Å². The molecule has 22 heavy (non-hydrogen) atoms. The number of carbonyl (C=O) groups is 2. The first kappa shape index (κ1) is 15.8. The SMILES string of the molecule is COC(=O)NCC(=O)NC(c1nc2ccccc2[nH]1)C(C)C. The average Bonchev–Trinajstić information content (AvgIpc) is 2.93. The van der Waals surface area contributed by atoms with Gasteiger partial charge in [0.1, 0.15) is 12.4 Å². The number of ether oxygens (including phenoxy) is 1. The number of carbonyl (C=O) groups excluding carboxylic acids is 2. The van der Waals surface area contributed by atoms with Crippen molar-refractivity contribution >= 4 is 23.0 Å². The molecule has 7 nitrogen and oxygen atoms in total. The number of H-pyrrole nitrogens is 1. The molecule has 0 aliphatic heterocycles. The second-order valence-corrected chi connectivity index (χ2v) is 5.27. The van der Waals surface area contributed by atoms with E-state index in [1.807, 2.05) is 38.1 Å². The fourth-order valence-corrected chi connectivity index (χ4v) is 2.12. The number of fused-ring (bicyclic) bond motifs is 1. The third-order valence-electron chi connectivity index (χ3n) is 3.26. The molecule has 1 unspecified atom stereocenters. The number of para-hydroxylation sites is 2. The zero-order valence-corrected chi connectivity index (χ0v) is 12.8. The van der Waals surface area contributed by atoms with Crippen LogP contribution in [0, 0.1) is 5.92 Å². The largest absolute Gasteiger partial charge is 0.453 e. The van der Waals surface area contributed by atoms with Gasteiger partial charge in [0.25, 0.3) is 0 Å². The summed E-state index contributed by atoms with van der Waals surface area (Å²) in [7, 11) is 1.25. The predicted octanol–water partition coefficient (Wildman–Crippen LogP) is 1.73. The van der Waals surface area contributed by atoms with Crippen LogP contribution in [-0.2, 0) is 9.53 Å². The number of amides is 2. The molecule has 2 rings (SSSR count). The van der Waals surface area contributed by atoms with Crippen LogP contribution in [0.25, 0.3) is 11.0 Å². The summed E-state index contributed by atoms with van der Waals surface area (Å²) in [5.41, 5.74) is 1.77. The molecule has 7 heteroatoms. The van der Waals surface area contributed by atoms with Gasteiger partial charge in [0, 0.05) is 0 Å². The predicted molar refractivity (Wildman–Crippen MR) is 82.2 cm³/mol. The topological polar surface area (TPSA) is 96.1 Å². The maximum atomic E-state index is 11.9. The molecule has 0 radical (unpaired) electrons. The molecular weight excluding hydrogens is 284 g/mol. The number of aromatic nitrogens is 2. The number of methoxy groups -OCH3 is 1. The Morgan fingerprint density at radius 1 is 1.32 bits per heavy atom. The van der Waals surface area contributed by atoms with Crippen LogP contribution in [0.2, 0.25) is 0 Å². The Kier molecular flexibility index (Phi) is 4.98. The number of alkyl carbamates (subject to hydrolysis) is 1. The summed E-state index contributed by atoms with van der Waals surface area (Å²) in [6.45, 7) is 3.84. The van der Waals surface area contributed by atoms with Crippen molar-refractivity contribution in [2.45, 2.75) is 19.9 Å². The molecule has 0 saturated carbocycles. The lowest BCUT2D eigenvalue weighted by atomic mass is 10.0. The minimum absolute atomic E-state index is 0.141. The number of hydrogen-bond acceptors (Lipinski definition) is 4. The molecule has 2 amide bonds. The molecule has 0 aliphatic carbocycles. The highest BCUT2D eigenvalue weighted by Crippen LogP contribution is 2.21. The fourth-order valence-electron chi connectivity index (χ4n) is 2.12. The van der Waals surface area contributed by atoms with Gasteiger partial charge in [0.05, 0.1) is 24.2 Å². The first-order valence-corrected chi connectivity index (χ1v) is 7.07. The van der Waals surface area contributed by atoms with Gasteiger partial charge in [-0.25, -0.2) is 9.78 Å². The Labute approximate surface area is 128 Å². The molecule has 0 aliphatic rings. The van der Waals surface area contributed by atoms with Crippen LogP contribution in [0.3, 0.4) is 0 Å². The van der Waals surface area contributed by atoms with Crippen molar-refractivity contribution in [1.29, 1.82) is 0 Å². The van der Waals surface area contributed by atoms with E-state index in [2.05, 4.69) is 25.3 Å². The van der Waals surface area contributed by atoms with Gasteiger partial charge in [-0.1, -0.05) is 26.0 Å². The maximum absolute atomic E-state index is 11.9. The first-order valence-electron chi connectivity index (χ1n) is 7.07. The van der Waals surface area contributed by atoms with Crippen LogP contribution in [0.5, 0.6) is 0 Å². The highest BCUT2D eigenvalue weighted by molar-refractivity contribution is 5.82. The molecule has 1 aromatic heterocycles. The summed E-state index contributed by atoms with van der Waals surface area (Å²) in [6.07, 6.45) is -0.639. The van der Waals surface area contributed by atoms with E-state index >= 15 is 0 Å². The lowest BCUT2D eigenvalue weighted by Gasteiger charge is -2.20. The molecule has 0 saturated heterocycles. The van der Waals surface area contributed by atoms with E-state index in [0.29, 0.717) is 5.82 Å². The second kappa shape index (κ2) is 6.93. The normalized spacial score (nSPS) is 12.2. The number of rotatable bonds is 5. The zero-order valence-electron chi connectivity index (χ0n) is 12.8. The smallest absolute Gasteiger partial charge is 0.407 e. The molecule has 3 N–H and O–H groups in total. The highest BCUT2D eigenvalue weighted by atomic mass is 16.5. The molecule has 1 atom stereocenters. The van der Waals surface area contributed by atoms with Crippen molar-refractivity contribution < 1.29 is 14.3 Å².